The van der Waals surface area contributed by atoms with Crippen LogP contribution in [0.5, 0.6) is 0 Å². The zero-order chi connectivity index (χ0) is 18.3. The molecule has 0 N–H and O–H groups in total. The largest absolute Gasteiger partial charge is 0.313 e. The molecule has 0 saturated heterocycles. The van der Waals surface area contributed by atoms with E-state index in [1.54, 1.807) is 23.5 Å². The summed E-state index contributed by atoms with van der Waals surface area (Å²) in [6.45, 7) is 4.15. The van der Waals surface area contributed by atoms with Crippen molar-refractivity contribution >= 4 is 22.7 Å². The molecule has 26 heavy (non-hydrogen) atoms. The van der Waals surface area contributed by atoms with Gasteiger partial charge in [-0.15, -0.1) is 11.3 Å². The van der Waals surface area contributed by atoms with Crippen molar-refractivity contribution in [1.82, 2.24) is 4.57 Å². The van der Waals surface area contributed by atoms with Crippen molar-refractivity contribution in [2.24, 2.45) is 4.99 Å². The minimum Gasteiger partial charge on any atom is -0.313 e. The lowest BCUT2D eigenvalue weighted by Crippen LogP contribution is -2.14. The van der Waals surface area contributed by atoms with E-state index in [2.05, 4.69) is 42.0 Å². The van der Waals surface area contributed by atoms with E-state index in [0.717, 1.165) is 40.2 Å². The fraction of sp³-hybridized carbons (Fsp3) is 0.250. The number of nitro benzene ring substituents is 1. The van der Waals surface area contributed by atoms with Crippen LogP contribution in [0, 0.1) is 24.0 Å². The first kappa shape index (κ1) is 16.7. The number of rotatable bonds is 4. The molecule has 1 fully saturated rings. The summed E-state index contributed by atoms with van der Waals surface area (Å²) in [5, 5.41) is 13.2. The Kier molecular flexibility index (Phi) is 4.20. The maximum atomic E-state index is 11.1. The van der Waals surface area contributed by atoms with Crippen LogP contribution in [0.3, 0.4) is 0 Å². The molecule has 2 aromatic carbocycles. The van der Waals surface area contributed by atoms with Crippen molar-refractivity contribution in [3.63, 3.8) is 0 Å². The molecule has 1 aromatic heterocycles. The van der Waals surface area contributed by atoms with Crippen molar-refractivity contribution in [2.45, 2.75) is 32.7 Å². The van der Waals surface area contributed by atoms with Gasteiger partial charge in [0, 0.05) is 29.1 Å². The van der Waals surface area contributed by atoms with E-state index < -0.39 is 0 Å². The van der Waals surface area contributed by atoms with Crippen LogP contribution in [-0.2, 0) is 0 Å². The SMILES string of the molecule is Cc1ccc(N=c2scc(-c3cccc([N+](=O)[O-])c3)n2C2CC2)c(C)c1. The van der Waals surface area contributed by atoms with Gasteiger partial charge in [-0.3, -0.25) is 10.1 Å². The molecule has 0 radical (unpaired) electrons. The monoisotopic (exact) mass is 365 g/mol. The molecule has 5 nitrogen and oxygen atoms in total. The van der Waals surface area contributed by atoms with Crippen molar-refractivity contribution in [1.29, 1.82) is 0 Å². The summed E-state index contributed by atoms with van der Waals surface area (Å²) < 4.78 is 2.24. The zero-order valence-electron chi connectivity index (χ0n) is 14.7. The Labute approximate surface area is 155 Å². The Balaban J connectivity index is 1.85. The van der Waals surface area contributed by atoms with Gasteiger partial charge in [0.1, 0.15) is 0 Å². The van der Waals surface area contributed by atoms with Crippen LogP contribution in [0.15, 0.2) is 52.8 Å². The third-order valence-electron chi connectivity index (χ3n) is 4.57. The van der Waals surface area contributed by atoms with Crippen LogP contribution in [0.4, 0.5) is 11.4 Å². The molecule has 1 saturated carbocycles. The molecule has 0 unspecified atom stereocenters. The lowest BCUT2D eigenvalue weighted by Gasteiger charge is -2.08. The molecular weight excluding hydrogens is 346 g/mol. The second-order valence-corrected chi connectivity index (χ2v) is 7.55. The first-order chi connectivity index (χ1) is 12.5. The summed E-state index contributed by atoms with van der Waals surface area (Å²) in [6, 6.07) is 13.5. The van der Waals surface area contributed by atoms with Gasteiger partial charge < -0.3 is 4.57 Å². The average molecular weight is 365 g/mol. The van der Waals surface area contributed by atoms with E-state index in [9.17, 15) is 10.1 Å². The van der Waals surface area contributed by atoms with Crippen LogP contribution in [0.25, 0.3) is 11.3 Å². The summed E-state index contributed by atoms with van der Waals surface area (Å²) in [5.74, 6) is 0. The normalized spacial score (nSPS) is 14.6. The number of non-ortho nitro benzene ring substituents is 1. The van der Waals surface area contributed by atoms with Crippen LogP contribution in [-0.4, -0.2) is 9.49 Å². The summed E-state index contributed by atoms with van der Waals surface area (Å²) in [6.07, 6.45) is 2.25. The Morgan fingerprint density at radius 1 is 1.19 bits per heavy atom. The Hall–Kier alpha value is -2.73. The Morgan fingerprint density at radius 3 is 2.69 bits per heavy atom. The molecule has 0 amide bonds. The summed E-state index contributed by atoms with van der Waals surface area (Å²) in [4.78, 5) is 16.6. The van der Waals surface area contributed by atoms with E-state index in [4.69, 9.17) is 4.99 Å². The molecule has 1 aliphatic carbocycles. The second kappa shape index (κ2) is 6.53. The Bertz CT molecular complexity index is 1060. The van der Waals surface area contributed by atoms with Gasteiger partial charge in [0.05, 0.1) is 16.3 Å². The van der Waals surface area contributed by atoms with E-state index in [-0.39, 0.29) is 10.6 Å². The number of nitrogens with zero attached hydrogens (tertiary/aromatic N) is 3. The summed E-state index contributed by atoms with van der Waals surface area (Å²) in [5.41, 5.74) is 5.33. The van der Waals surface area contributed by atoms with E-state index >= 15 is 0 Å². The predicted octanol–water partition coefficient (Wildman–Crippen LogP) is 5.31. The third-order valence-corrected chi connectivity index (χ3v) is 5.41. The van der Waals surface area contributed by atoms with E-state index in [1.165, 1.54) is 11.6 Å². The fourth-order valence-corrected chi connectivity index (χ4v) is 4.09. The number of aromatic nitrogens is 1. The van der Waals surface area contributed by atoms with Gasteiger partial charge in [0.25, 0.3) is 5.69 Å². The number of hydrogen-bond acceptors (Lipinski definition) is 4. The van der Waals surface area contributed by atoms with Crippen molar-refractivity contribution in [3.8, 4) is 11.3 Å². The third kappa shape index (κ3) is 3.20. The predicted molar refractivity (Wildman–Crippen MR) is 104 cm³/mol. The standard InChI is InChI=1S/C20H19N3O2S/c1-13-6-9-18(14(2)10-13)21-20-22(16-7-8-16)19(12-26-20)15-4-3-5-17(11-15)23(24)25/h3-6,9-12,16H,7-8H2,1-2H3. The number of thiazole rings is 1. The molecule has 0 spiro atoms. The first-order valence-corrected chi connectivity index (χ1v) is 9.48. The molecular formula is C20H19N3O2S. The van der Waals surface area contributed by atoms with Crippen LogP contribution >= 0.6 is 11.3 Å². The van der Waals surface area contributed by atoms with Crippen molar-refractivity contribution in [2.75, 3.05) is 0 Å². The maximum Gasteiger partial charge on any atom is 0.270 e. The van der Waals surface area contributed by atoms with Crippen LogP contribution in [0.1, 0.15) is 30.0 Å². The summed E-state index contributed by atoms with van der Waals surface area (Å²) >= 11 is 1.59. The molecule has 0 aliphatic heterocycles. The van der Waals surface area contributed by atoms with Crippen molar-refractivity contribution < 1.29 is 4.92 Å². The highest BCUT2D eigenvalue weighted by molar-refractivity contribution is 7.07. The van der Waals surface area contributed by atoms with Gasteiger partial charge in [0.2, 0.25) is 0 Å². The van der Waals surface area contributed by atoms with Crippen molar-refractivity contribution in [3.05, 3.63) is 73.9 Å². The highest BCUT2D eigenvalue weighted by Crippen LogP contribution is 2.38. The highest BCUT2D eigenvalue weighted by atomic mass is 32.1. The molecule has 6 heteroatoms. The molecule has 4 rings (SSSR count). The van der Waals surface area contributed by atoms with Gasteiger partial charge in [-0.1, -0.05) is 29.8 Å². The van der Waals surface area contributed by atoms with Crippen LogP contribution < -0.4 is 4.80 Å². The van der Waals surface area contributed by atoms with Gasteiger partial charge >= 0.3 is 0 Å². The van der Waals surface area contributed by atoms with E-state index in [0.29, 0.717) is 6.04 Å². The first-order valence-electron chi connectivity index (χ1n) is 8.60. The molecule has 132 valence electrons. The minimum absolute atomic E-state index is 0.115. The number of nitro groups is 1. The lowest BCUT2D eigenvalue weighted by atomic mass is 10.1. The van der Waals surface area contributed by atoms with Gasteiger partial charge in [-0.05, 0) is 38.3 Å². The highest BCUT2D eigenvalue weighted by Gasteiger charge is 2.27. The zero-order valence-corrected chi connectivity index (χ0v) is 15.5. The fourth-order valence-electron chi connectivity index (χ4n) is 3.11. The number of benzene rings is 2. The van der Waals surface area contributed by atoms with Gasteiger partial charge in [0.15, 0.2) is 4.80 Å². The number of hydrogen-bond donors (Lipinski definition) is 0. The van der Waals surface area contributed by atoms with Gasteiger partial charge in [-0.25, -0.2) is 4.99 Å². The average Bonchev–Trinajstić information content (AvgIpc) is 3.37. The molecule has 3 aromatic rings. The lowest BCUT2D eigenvalue weighted by molar-refractivity contribution is -0.384. The molecule has 0 bridgehead atoms. The second-order valence-electron chi connectivity index (χ2n) is 6.71. The minimum atomic E-state index is -0.349. The molecule has 0 atom stereocenters. The maximum absolute atomic E-state index is 11.1. The van der Waals surface area contributed by atoms with Crippen LogP contribution in [0.2, 0.25) is 0 Å². The molecule has 1 heterocycles. The number of aryl methyl sites for hydroxylation is 2. The van der Waals surface area contributed by atoms with Gasteiger partial charge in [-0.2, -0.15) is 0 Å². The quantitative estimate of drug-likeness (QED) is 0.465. The summed E-state index contributed by atoms with van der Waals surface area (Å²) in [7, 11) is 0. The smallest absolute Gasteiger partial charge is 0.270 e. The molecule has 1 aliphatic rings. The topological polar surface area (TPSA) is 60.4 Å². The van der Waals surface area contributed by atoms with E-state index in [1.807, 2.05) is 6.07 Å². The Morgan fingerprint density at radius 2 is 2.00 bits per heavy atom.